The maximum Gasteiger partial charge on any atom is 0.255 e. The van der Waals surface area contributed by atoms with Crippen LogP contribution in [-0.2, 0) is 0 Å². The first-order chi connectivity index (χ1) is 10.8. The molecule has 2 atom stereocenters. The van der Waals surface area contributed by atoms with Crippen LogP contribution >= 0.6 is 0 Å². The van der Waals surface area contributed by atoms with E-state index in [0.717, 1.165) is 37.8 Å². The van der Waals surface area contributed by atoms with Gasteiger partial charge in [0.25, 0.3) is 5.91 Å². The molecule has 2 aliphatic rings. The number of nitrogens with zero attached hydrogens (tertiary/aromatic N) is 3. The molecule has 6 heteroatoms. The highest BCUT2D eigenvalue weighted by molar-refractivity contribution is 6.04. The van der Waals surface area contributed by atoms with Crippen molar-refractivity contribution in [3.63, 3.8) is 0 Å². The Balaban J connectivity index is 1.61. The normalized spacial score (nSPS) is 24.3. The number of rotatable bonds is 3. The zero-order valence-electron chi connectivity index (χ0n) is 12.2. The summed E-state index contributed by atoms with van der Waals surface area (Å²) in [6.45, 7) is 0. The highest BCUT2D eigenvalue weighted by Gasteiger charge is 2.30. The number of hydrogen-bond donors (Lipinski definition) is 2. The van der Waals surface area contributed by atoms with Crippen molar-refractivity contribution in [3.8, 4) is 6.07 Å². The minimum atomic E-state index is -0.166. The second-order valence-corrected chi connectivity index (χ2v) is 6.22. The lowest BCUT2D eigenvalue weighted by Crippen LogP contribution is -2.36. The fraction of sp³-hybridized carbons (Fsp3) is 0.500. The van der Waals surface area contributed by atoms with E-state index in [2.05, 4.69) is 26.3 Å². The maximum atomic E-state index is 12.5. The molecule has 2 aliphatic carbocycles. The fourth-order valence-corrected chi connectivity index (χ4v) is 3.19. The van der Waals surface area contributed by atoms with Crippen molar-refractivity contribution in [2.75, 3.05) is 0 Å². The second kappa shape index (κ2) is 5.09. The SMILES string of the molecule is N#C[C@H]1CCC[C@H]1NC(=O)c1c[nH]c2ncc(C3CC3)nc12. The molecule has 0 bridgehead atoms. The van der Waals surface area contributed by atoms with E-state index in [4.69, 9.17) is 5.26 Å². The topological polar surface area (TPSA) is 94.5 Å². The average molecular weight is 295 g/mol. The van der Waals surface area contributed by atoms with E-state index in [-0.39, 0.29) is 17.9 Å². The molecule has 0 saturated heterocycles. The first kappa shape index (κ1) is 13.3. The maximum absolute atomic E-state index is 12.5. The fourth-order valence-electron chi connectivity index (χ4n) is 3.19. The molecular weight excluding hydrogens is 278 g/mol. The van der Waals surface area contributed by atoms with Crippen molar-refractivity contribution in [1.29, 1.82) is 5.26 Å². The van der Waals surface area contributed by atoms with Gasteiger partial charge < -0.3 is 10.3 Å². The monoisotopic (exact) mass is 295 g/mol. The molecule has 2 saturated carbocycles. The summed E-state index contributed by atoms with van der Waals surface area (Å²) in [6.07, 6.45) is 8.47. The van der Waals surface area contributed by atoms with Crippen LogP contribution in [0.4, 0.5) is 0 Å². The Morgan fingerprint density at radius 2 is 2.23 bits per heavy atom. The van der Waals surface area contributed by atoms with Gasteiger partial charge in [0.1, 0.15) is 5.52 Å². The molecule has 0 spiro atoms. The molecule has 2 N–H and O–H groups in total. The van der Waals surface area contributed by atoms with Gasteiger partial charge in [-0.15, -0.1) is 0 Å². The lowest BCUT2D eigenvalue weighted by molar-refractivity contribution is 0.0934. The molecule has 0 aromatic carbocycles. The molecule has 2 aromatic rings. The Morgan fingerprint density at radius 1 is 1.36 bits per heavy atom. The Hall–Kier alpha value is -2.42. The summed E-state index contributed by atoms with van der Waals surface area (Å²) in [5.74, 6) is 0.253. The summed E-state index contributed by atoms with van der Waals surface area (Å²) < 4.78 is 0. The Labute approximate surface area is 128 Å². The highest BCUT2D eigenvalue weighted by atomic mass is 16.1. The molecule has 22 heavy (non-hydrogen) atoms. The van der Waals surface area contributed by atoms with Crippen LogP contribution in [0.3, 0.4) is 0 Å². The van der Waals surface area contributed by atoms with Gasteiger partial charge in [0.2, 0.25) is 0 Å². The van der Waals surface area contributed by atoms with Gasteiger partial charge in [-0.1, -0.05) is 0 Å². The van der Waals surface area contributed by atoms with Gasteiger partial charge in [-0.25, -0.2) is 9.97 Å². The predicted molar refractivity (Wildman–Crippen MR) is 80.1 cm³/mol. The van der Waals surface area contributed by atoms with Crippen molar-refractivity contribution in [3.05, 3.63) is 23.7 Å². The van der Waals surface area contributed by atoms with Gasteiger partial charge in [-0.3, -0.25) is 4.79 Å². The van der Waals surface area contributed by atoms with E-state index in [0.29, 0.717) is 22.6 Å². The van der Waals surface area contributed by atoms with E-state index in [9.17, 15) is 4.79 Å². The summed E-state index contributed by atoms with van der Waals surface area (Å²) in [5, 5.41) is 12.1. The predicted octanol–water partition coefficient (Wildman–Crippen LogP) is 2.26. The molecule has 2 fully saturated rings. The first-order valence-electron chi connectivity index (χ1n) is 7.81. The average Bonchev–Trinajstić information content (AvgIpc) is 3.14. The second-order valence-electron chi connectivity index (χ2n) is 6.22. The molecule has 2 heterocycles. The standard InChI is InChI=1S/C16H17N5O/c17-6-10-2-1-3-12(10)21-16(22)11-7-18-15-14(11)20-13(8-19-15)9-4-5-9/h7-10,12H,1-5H2,(H,18,19)(H,21,22)/t10-,12-/m1/s1. The van der Waals surface area contributed by atoms with Crippen LogP contribution in [0.5, 0.6) is 0 Å². The molecule has 0 unspecified atom stereocenters. The molecule has 4 rings (SSSR count). The molecule has 0 aliphatic heterocycles. The number of nitrogens with one attached hydrogen (secondary N) is 2. The molecule has 6 nitrogen and oxygen atoms in total. The lowest BCUT2D eigenvalue weighted by atomic mass is 10.1. The summed E-state index contributed by atoms with van der Waals surface area (Å²) in [7, 11) is 0. The third-order valence-corrected chi connectivity index (χ3v) is 4.64. The van der Waals surface area contributed by atoms with E-state index < -0.39 is 0 Å². The summed E-state index contributed by atoms with van der Waals surface area (Å²) in [4.78, 5) is 24.5. The first-order valence-corrected chi connectivity index (χ1v) is 7.81. The Kier molecular flexibility index (Phi) is 3.07. The molecule has 112 valence electrons. The van der Waals surface area contributed by atoms with Crippen LogP contribution in [0.2, 0.25) is 0 Å². The van der Waals surface area contributed by atoms with E-state index >= 15 is 0 Å². The minimum absolute atomic E-state index is 0.0537. The van der Waals surface area contributed by atoms with Crippen molar-refractivity contribution < 1.29 is 4.79 Å². The number of amides is 1. The zero-order valence-corrected chi connectivity index (χ0v) is 12.2. The van der Waals surface area contributed by atoms with Gasteiger partial charge in [-0.05, 0) is 32.1 Å². The third-order valence-electron chi connectivity index (χ3n) is 4.64. The number of carbonyl (C=O) groups is 1. The number of aromatic nitrogens is 3. The van der Waals surface area contributed by atoms with Crippen LogP contribution < -0.4 is 5.32 Å². The largest absolute Gasteiger partial charge is 0.348 e. The van der Waals surface area contributed by atoms with Crippen molar-refractivity contribution in [2.45, 2.75) is 44.1 Å². The minimum Gasteiger partial charge on any atom is -0.348 e. The Bertz CT molecular complexity index is 770. The Morgan fingerprint density at radius 3 is 3.00 bits per heavy atom. The number of hydrogen-bond acceptors (Lipinski definition) is 4. The van der Waals surface area contributed by atoms with Gasteiger partial charge in [0.15, 0.2) is 5.65 Å². The molecule has 2 aromatic heterocycles. The van der Waals surface area contributed by atoms with E-state index in [1.165, 1.54) is 0 Å². The molecular formula is C16H17N5O. The summed E-state index contributed by atoms with van der Waals surface area (Å²) in [5.41, 5.74) is 2.76. The highest BCUT2D eigenvalue weighted by Crippen LogP contribution is 2.39. The molecule has 1 amide bonds. The van der Waals surface area contributed by atoms with Crippen LogP contribution in [0, 0.1) is 17.2 Å². The van der Waals surface area contributed by atoms with Crippen molar-refractivity contribution >= 4 is 17.1 Å². The summed E-state index contributed by atoms with van der Waals surface area (Å²) in [6, 6.07) is 2.23. The van der Waals surface area contributed by atoms with E-state index in [1.807, 2.05) is 0 Å². The van der Waals surface area contributed by atoms with Crippen LogP contribution in [0.1, 0.15) is 54.1 Å². The van der Waals surface area contributed by atoms with Crippen LogP contribution in [0.25, 0.3) is 11.2 Å². The van der Waals surface area contributed by atoms with Gasteiger partial charge in [-0.2, -0.15) is 5.26 Å². The summed E-state index contributed by atoms with van der Waals surface area (Å²) >= 11 is 0. The molecule has 0 radical (unpaired) electrons. The van der Waals surface area contributed by atoms with Crippen LogP contribution in [0.15, 0.2) is 12.4 Å². The van der Waals surface area contributed by atoms with Gasteiger partial charge in [0.05, 0.1) is 29.4 Å². The quantitative estimate of drug-likeness (QED) is 0.908. The van der Waals surface area contributed by atoms with Gasteiger partial charge >= 0.3 is 0 Å². The lowest BCUT2D eigenvalue weighted by Gasteiger charge is -2.15. The zero-order chi connectivity index (χ0) is 15.1. The third kappa shape index (κ3) is 2.23. The number of fused-ring (bicyclic) bond motifs is 1. The number of nitriles is 1. The number of H-pyrrole nitrogens is 1. The van der Waals surface area contributed by atoms with Crippen molar-refractivity contribution in [2.24, 2.45) is 5.92 Å². The van der Waals surface area contributed by atoms with Crippen LogP contribution in [-0.4, -0.2) is 26.9 Å². The number of aromatic amines is 1. The smallest absolute Gasteiger partial charge is 0.255 e. The van der Waals surface area contributed by atoms with Crippen molar-refractivity contribution in [1.82, 2.24) is 20.3 Å². The van der Waals surface area contributed by atoms with Gasteiger partial charge in [0, 0.05) is 18.2 Å². The number of carbonyl (C=O) groups excluding carboxylic acids is 1. The van der Waals surface area contributed by atoms with E-state index in [1.54, 1.807) is 12.4 Å².